The number of carbonyl (C=O) groups is 1. The van der Waals surface area contributed by atoms with Crippen LogP contribution in [0.5, 0.6) is 0 Å². The van der Waals surface area contributed by atoms with Gasteiger partial charge in [-0.15, -0.1) is 0 Å². The van der Waals surface area contributed by atoms with Crippen molar-refractivity contribution in [3.05, 3.63) is 29.0 Å². The minimum absolute atomic E-state index is 0.130. The Morgan fingerprint density at radius 2 is 2.32 bits per heavy atom. The minimum Gasteiger partial charge on any atom is -0.481 e. The normalized spacial score (nSPS) is 10.7. The third-order valence-corrected chi connectivity index (χ3v) is 3.46. The van der Waals surface area contributed by atoms with E-state index in [1.54, 1.807) is 13.1 Å². The molecule has 0 saturated heterocycles. The highest BCUT2D eigenvalue weighted by molar-refractivity contribution is 7.99. The number of thioether (sulfide) groups is 1. The number of rotatable bonds is 4. The van der Waals surface area contributed by atoms with Crippen LogP contribution in [0.15, 0.2) is 23.4 Å². The smallest absolute Gasteiger partial charge is 0.313 e. The van der Waals surface area contributed by atoms with Crippen LogP contribution in [0.25, 0.3) is 11.4 Å². The number of carboxylic acid groups (broad SMARTS) is 1. The van der Waals surface area contributed by atoms with Crippen LogP contribution in [0.1, 0.15) is 0 Å². The lowest BCUT2D eigenvalue weighted by atomic mass is 10.2. The Bertz CT molecular complexity index is 632. The molecule has 0 bridgehead atoms. The van der Waals surface area contributed by atoms with Crippen molar-refractivity contribution < 1.29 is 14.3 Å². The largest absolute Gasteiger partial charge is 0.481 e. The van der Waals surface area contributed by atoms with Gasteiger partial charge in [-0.1, -0.05) is 23.4 Å². The van der Waals surface area contributed by atoms with Crippen molar-refractivity contribution in [2.75, 3.05) is 5.75 Å². The summed E-state index contributed by atoms with van der Waals surface area (Å²) in [5, 5.41) is 13.4. The standard InChI is InChI=1S/C11H9ClFN3O2S/c1-16-11(19-5-9(17)18)14-10(15-16)7-3-2-6(12)4-8(7)13/h2-4H,5H2,1H3,(H,17,18). The van der Waals surface area contributed by atoms with Crippen molar-refractivity contribution >= 4 is 29.3 Å². The molecule has 0 radical (unpaired) electrons. The van der Waals surface area contributed by atoms with Gasteiger partial charge in [0, 0.05) is 12.1 Å². The van der Waals surface area contributed by atoms with E-state index in [2.05, 4.69) is 10.1 Å². The molecule has 0 aliphatic rings. The number of hydrogen-bond donors (Lipinski definition) is 1. The fourth-order valence-electron chi connectivity index (χ4n) is 1.41. The number of aliphatic carboxylic acids is 1. The van der Waals surface area contributed by atoms with E-state index in [1.807, 2.05) is 0 Å². The average Bonchev–Trinajstić information content (AvgIpc) is 2.67. The fraction of sp³-hybridized carbons (Fsp3) is 0.182. The van der Waals surface area contributed by atoms with Gasteiger partial charge in [0.1, 0.15) is 5.82 Å². The predicted octanol–water partition coefficient (Wildman–Crippen LogP) is 2.45. The van der Waals surface area contributed by atoms with E-state index in [-0.39, 0.29) is 22.2 Å². The summed E-state index contributed by atoms with van der Waals surface area (Å²) in [5.41, 5.74) is 0.224. The van der Waals surface area contributed by atoms with Crippen LogP contribution in [0.2, 0.25) is 5.02 Å². The van der Waals surface area contributed by atoms with Crippen LogP contribution in [0.3, 0.4) is 0 Å². The van der Waals surface area contributed by atoms with E-state index in [4.69, 9.17) is 16.7 Å². The fourth-order valence-corrected chi connectivity index (χ4v) is 2.20. The van der Waals surface area contributed by atoms with Gasteiger partial charge in [-0.05, 0) is 18.2 Å². The van der Waals surface area contributed by atoms with Gasteiger partial charge < -0.3 is 5.11 Å². The quantitative estimate of drug-likeness (QED) is 0.879. The molecular weight excluding hydrogens is 293 g/mol. The Balaban J connectivity index is 2.31. The van der Waals surface area contributed by atoms with E-state index in [0.29, 0.717) is 5.16 Å². The zero-order valence-electron chi connectivity index (χ0n) is 9.80. The number of halogens is 2. The van der Waals surface area contributed by atoms with Gasteiger partial charge in [-0.3, -0.25) is 4.79 Å². The molecule has 0 fully saturated rings. The summed E-state index contributed by atoms with van der Waals surface area (Å²) in [4.78, 5) is 14.6. The van der Waals surface area contributed by atoms with Crippen molar-refractivity contribution in [1.29, 1.82) is 0 Å². The second-order valence-corrected chi connectivity index (χ2v) is 5.03. The van der Waals surface area contributed by atoms with Crippen LogP contribution in [0.4, 0.5) is 4.39 Å². The van der Waals surface area contributed by atoms with Gasteiger partial charge in [0.2, 0.25) is 0 Å². The maximum Gasteiger partial charge on any atom is 0.313 e. The molecule has 0 saturated carbocycles. The van der Waals surface area contributed by atoms with Crippen molar-refractivity contribution in [3.63, 3.8) is 0 Å². The highest BCUT2D eigenvalue weighted by atomic mass is 35.5. The third kappa shape index (κ3) is 3.24. The molecule has 2 aromatic rings. The van der Waals surface area contributed by atoms with Crippen molar-refractivity contribution in [1.82, 2.24) is 14.8 Å². The van der Waals surface area contributed by atoms with Gasteiger partial charge in [-0.2, -0.15) is 5.10 Å². The van der Waals surface area contributed by atoms with Crippen molar-refractivity contribution in [2.45, 2.75) is 5.16 Å². The van der Waals surface area contributed by atoms with E-state index in [9.17, 15) is 9.18 Å². The number of nitrogens with zero attached hydrogens (tertiary/aromatic N) is 3. The van der Waals surface area contributed by atoms with Gasteiger partial charge in [-0.25, -0.2) is 14.1 Å². The lowest BCUT2D eigenvalue weighted by molar-refractivity contribution is -0.133. The molecule has 2 rings (SSSR count). The van der Waals surface area contributed by atoms with Crippen LogP contribution >= 0.6 is 23.4 Å². The number of benzene rings is 1. The van der Waals surface area contributed by atoms with E-state index < -0.39 is 11.8 Å². The molecule has 1 heterocycles. The maximum atomic E-state index is 13.7. The highest BCUT2D eigenvalue weighted by Crippen LogP contribution is 2.25. The molecule has 1 aromatic heterocycles. The Morgan fingerprint density at radius 3 is 2.95 bits per heavy atom. The number of hydrogen-bond acceptors (Lipinski definition) is 4. The van der Waals surface area contributed by atoms with Crippen LogP contribution < -0.4 is 0 Å². The summed E-state index contributed by atoms with van der Waals surface area (Å²) in [6.07, 6.45) is 0. The summed E-state index contributed by atoms with van der Waals surface area (Å²) in [5.74, 6) is -1.40. The van der Waals surface area contributed by atoms with E-state index >= 15 is 0 Å². The van der Waals surface area contributed by atoms with E-state index in [0.717, 1.165) is 11.8 Å². The molecule has 19 heavy (non-hydrogen) atoms. The maximum absolute atomic E-state index is 13.7. The number of carboxylic acids is 1. The molecule has 0 aliphatic heterocycles. The Kier molecular flexibility index (Phi) is 4.06. The summed E-state index contributed by atoms with van der Waals surface area (Å²) in [6.45, 7) is 0. The SMILES string of the molecule is Cn1nc(-c2ccc(Cl)cc2F)nc1SCC(=O)O. The van der Waals surface area contributed by atoms with Crippen LogP contribution in [-0.4, -0.2) is 31.6 Å². The van der Waals surface area contributed by atoms with Gasteiger partial charge in [0.15, 0.2) is 11.0 Å². The lowest BCUT2D eigenvalue weighted by Crippen LogP contribution is -2.00. The number of aryl methyl sites for hydroxylation is 1. The highest BCUT2D eigenvalue weighted by Gasteiger charge is 2.14. The van der Waals surface area contributed by atoms with Crippen LogP contribution in [-0.2, 0) is 11.8 Å². The summed E-state index contributed by atoms with van der Waals surface area (Å²) < 4.78 is 15.1. The molecule has 0 unspecified atom stereocenters. The monoisotopic (exact) mass is 301 g/mol. The topological polar surface area (TPSA) is 68.0 Å². The summed E-state index contributed by atoms with van der Waals surface area (Å²) >= 11 is 6.69. The molecule has 5 nitrogen and oxygen atoms in total. The molecule has 100 valence electrons. The second kappa shape index (κ2) is 5.58. The van der Waals surface area contributed by atoms with Crippen molar-refractivity contribution in [3.8, 4) is 11.4 Å². The molecule has 0 aliphatic carbocycles. The van der Waals surface area contributed by atoms with Crippen LogP contribution in [0, 0.1) is 5.82 Å². The van der Waals surface area contributed by atoms with Gasteiger partial charge >= 0.3 is 5.97 Å². The minimum atomic E-state index is -0.952. The molecule has 0 amide bonds. The van der Waals surface area contributed by atoms with Gasteiger partial charge in [0.05, 0.1) is 11.3 Å². The predicted molar refractivity (Wildman–Crippen MR) is 69.8 cm³/mol. The zero-order valence-corrected chi connectivity index (χ0v) is 11.4. The first-order chi connectivity index (χ1) is 8.97. The van der Waals surface area contributed by atoms with E-state index in [1.165, 1.54) is 16.8 Å². The second-order valence-electron chi connectivity index (χ2n) is 3.65. The first-order valence-corrected chi connectivity index (χ1v) is 6.55. The average molecular weight is 302 g/mol. The number of aromatic nitrogens is 3. The first-order valence-electron chi connectivity index (χ1n) is 5.18. The lowest BCUT2D eigenvalue weighted by Gasteiger charge is -1.97. The molecule has 1 aromatic carbocycles. The summed E-state index contributed by atoms with van der Waals surface area (Å²) in [6, 6.07) is 4.20. The Labute approximate surface area is 117 Å². The Hall–Kier alpha value is -1.60. The molecule has 8 heteroatoms. The molecule has 1 N–H and O–H groups in total. The first kappa shape index (κ1) is 13.8. The van der Waals surface area contributed by atoms with Crippen molar-refractivity contribution in [2.24, 2.45) is 7.05 Å². The molecular formula is C11H9ClFN3O2S. The third-order valence-electron chi connectivity index (χ3n) is 2.22. The molecule has 0 spiro atoms. The molecule has 0 atom stereocenters. The zero-order chi connectivity index (χ0) is 14.0. The summed E-state index contributed by atoms with van der Waals surface area (Å²) in [7, 11) is 1.62. The van der Waals surface area contributed by atoms with Gasteiger partial charge in [0.25, 0.3) is 0 Å². The Morgan fingerprint density at radius 1 is 1.58 bits per heavy atom.